The molecule has 0 aromatic heterocycles. The molecule has 0 saturated heterocycles. The Labute approximate surface area is 104 Å². The fourth-order valence-electron chi connectivity index (χ4n) is 0.917. The van der Waals surface area contributed by atoms with Gasteiger partial charge in [-0.05, 0) is 28.1 Å². The second-order valence-electron chi connectivity index (χ2n) is 3.00. The third-order valence-corrected chi connectivity index (χ3v) is 4.07. The van der Waals surface area contributed by atoms with Gasteiger partial charge in [-0.1, -0.05) is 0 Å². The lowest BCUT2D eigenvalue weighted by molar-refractivity contribution is -0.137. The molecule has 0 spiro atoms. The standard InChI is InChI=1S/C9H10BrNO4S/c10-7-5(12)1-2-6(13)8(7)16-3-4(11)9(14)15/h1-2,4,12-13H,3,11H2,(H,14,15)/t4-/m0/s1. The molecule has 5 N–H and O–H groups in total. The molecule has 1 atom stereocenters. The zero-order valence-electron chi connectivity index (χ0n) is 8.05. The highest BCUT2D eigenvalue weighted by atomic mass is 79.9. The van der Waals surface area contributed by atoms with Crippen LogP contribution in [0.2, 0.25) is 0 Å². The topological polar surface area (TPSA) is 104 Å². The Hall–Kier alpha value is -0.920. The molecule has 16 heavy (non-hydrogen) atoms. The van der Waals surface area contributed by atoms with E-state index in [1.165, 1.54) is 12.1 Å². The SMILES string of the molecule is N[C@@H](CSc1c(O)ccc(O)c1Br)C(=O)O. The summed E-state index contributed by atoms with van der Waals surface area (Å²) in [6.45, 7) is 0. The van der Waals surface area contributed by atoms with Crippen molar-refractivity contribution in [1.29, 1.82) is 0 Å². The van der Waals surface area contributed by atoms with E-state index >= 15 is 0 Å². The Morgan fingerprint density at radius 1 is 1.44 bits per heavy atom. The first kappa shape index (κ1) is 13.1. The maximum absolute atomic E-state index is 10.5. The number of benzene rings is 1. The average Bonchev–Trinajstić information content (AvgIpc) is 2.23. The Kier molecular flexibility index (Phi) is 4.45. The summed E-state index contributed by atoms with van der Waals surface area (Å²) < 4.78 is 0.329. The normalized spacial score (nSPS) is 12.4. The van der Waals surface area contributed by atoms with E-state index in [9.17, 15) is 15.0 Å². The van der Waals surface area contributed by atoms with Gasteiger partial charge >= 0.3 is 5.97 Å². The van der Waals surface area contributed by atoms with Crippen LogP contribution in [0.5, 0.6) is 11.5 Å². The lowest BCUT2D eigenvalue weighted by Crippen LogP contribution is -2.32. The summed E-state index contributed by atoms with van der Waals surface area (Å²) in [5.41, 5.74) is 5.32. The van der Waals surface area contributed by atoms with Crippen molar-refractivity contribution in [3.8, 4) is 11.5 Å². The van der Waals surface area contributed by atoms with Gasteiger partial charge in [0.25, 0.3) is 0 Å². The minimum atomic E-state index is -1.11. The monoisotopic (exact) mass is 307 g/mol. The molecular formula is C9H10BrNO4S. The number of carboxylic acids is 1. The van der Waals surface area contributed by atoms with Crippen LogP contribution in [0.1, 0.15) is 0 Å². The van der Waals surface area contributed by atoms with Crippen molar-refractivity contribution in [2.24, 2.45) is 5.73 Å². The summed E-state index contributed by atoms with van der Waals surface area (Å²) in [6, 6.07) is 1.65. The number of phenolic OH excluding ortho intramolecular Hbond substituents is 2. The quantitative estimate of drug-likeness (QED) is 0.495. The van der Waals surface area contributed by atoms with Crippen LogP contribution >= 0.6 is 27.7 Å². The molecule has 1 aromatic rings. The highest BCUT2D eigenvalue weighted by Gasteiger charge is 2.16. The van der Waals surface area contributed by atoms with Crippen molar-refractivity contribution in [2.45, 2.75) is 10.9 Å². The van der Waals surface area contributed by atoms with Gasteiger partial charge in [-0.2, -0.15) is 0 Å². The van der Waals surface area contributed by atoms with Crippen LogP contribution in [0.15, 0.2) is 21.5 Å². The minimum Gasteiger partial charge on any atom is -0.507 e. The summed E-state index contributed by atoms with van der Waals surface area (Å²) in [7, 11) is 0. The third kappa shape index (κ3) is 3.03. The highest BCUT2D eigenvalue weighted by Crippen LogP contribution is 2.40. The van der Waals surface area contributed by atoms with Crippen LogP contribution in [0.25, 0.3) is 0 Å². The average molecular weight is 308 g/mol. The second-order valence-corrected chi connectivity index (χ2v) is 4.83. The van der Waals surface area contributed by atoms with E-state index in [-0.39, 0.29) is 17.3 Å². The van der Waals surface area contributed by atoms with Crippen LogP contribution < -0.4 is 5.73 Å². The largest absolute Gasteiger partial charge is 0.507 e. The number of carboxylic acid groups (broad SMARTS) is 1. The van der Waals surface area contributed by atoms with Crippen molar-refractivity contribution in [2.75, 3.05) is 5.75 Å². The lowest BCUT2D eigenvalue weighted by atomic mass is 10.3. The van der Waals surface area contributed by atoms with E-state index in [4.69, 9.17) is 10.8 Å². The van der Waals surface area contributed by atoms with E-state index in [2.05, 4.69) is 15.9 Å². The first-order chi connectivity index (χ1) is 7.43. The second kappa shape index (κ2) is 5.42. The summed E-state index contributed by atoms with van der Waals surface area (Å²) in [6.07, 6.45) is 0. The fraction of sp³-hybridized carbons (Fsp3) is 0.222. The van der Waals surface area contributed by atoms with Gasteiger partial charge < -0.3 is 21.1 Å². The van der Waals surface area contributed by atoms with E-state index in [1.807, 2.05) is 0 Å². The van der Waals surface area contributed by atoms with Crippen molar-refractivity contribution >= 4 is 33.7 Å². The number of halogens is 1. The molecule has 0 unspecified atom stereocenters. The molecule has 1 aromatic carbocycles. The molecule has 0 saturated carbocycles. The predicted molar refractivity (Wildman–Crippen MR) is 63.8 cm³/mol. The zero-order valence-corrected chi connectivity index (χ0v) is 10.5. The minimum absolute atomic E-state index is 0.0239. The van der Waals surface area contributed by atoms with E-state index < -0.39 is 12.0 Å². The number of carbonyl (C=O) groups is 1. The predicted octanol–water partition coefficient (Wildman–Crippen LogP) is 1.36. The first-order valence-corrected chi connectivity index (χ1v) is 6.03. The van der Waals surface area contributed by atoms with Crippen molar-refractivity contribution in [1.82, 2.24) is 0 Å². The van der Waals surface area contributed by atoms with Gasteiger partial charge in [-0.25, -0.2) is 0 Å². The van der Waals surface area contributed by atoms with Gasteiger partial charge in [-0.15, -0.1) is 11.8 Å². The van der Waals surface area contributed by atoms with Crippen molar-refractivity contribution in [3.05, 3.63) is 16.6 Å². The van der Waals surface area contributed by atoms with Crippen LogP contribution in [0.4, 0.5) is 0 Å². The smallest absolute Gasteiger partial charge is 0.321 e. The number of rotatable bonds is 4. The van der Waals surface area contributed by atoms with Crippen molar-refractivity contribution in [3.63, 3.8) is 0 Å². The highest BCUT2D eigenvalue weighted by molar-refractivity contribution is 9.10. The summed E-state index contributed by atoms with van der Waals surface area (Å²) in [5.74, 6) is -1.06. The van der Waals surface area contributed by atoms with Crippen LogP contribution in [-0.4, -0.2) is 33.1 Å². The molecule has 0 aliphatic carbocycles. The Bertz CT molecular complexity index is 413. The Morgan fingerprint density at radius 3 is 2.56 bits per heavy atom. The Morgan fingerprint density at radius 2 is 2.00 bits per heavy atom. The molecule has 0 aliphatic heterocycles. The molecule has 7 heteroatoms. The number of hydrogen-bond donors (Lipinski definition) is 4. The van der Waals surface area contributed by atoms with Gasteiger partial charge in [0.05, 0.1) is 9.37 Å². The molecule has 0 heterocycles. The number of thioether (sulfide) groups is 1. The number of aromatic hydroxyl groups is 2. The molecule has 5 nitrogen and oxygen atoms in total. The van der Waals surface area contributed by atoms with E-state index in [0.29, 0.717) is 9.37 Å². The fourth-order valence-corrected chi connectivity index (χ4v) is 2.53. The van der Waals surface area contributed by atoms with Gasteiger partial charge in [0.2, 0.25) is 0 Å². The van der Waals surface area contributed by atoms with Gasteiger partial charge in [-0.3, -0.25) is 4.79 Å². The number of nitrogens with two attached hydrogens (primary N) is 1. The zero-order chi connectivity index (χ0) is 12.3. The molecule has 0 aliphatic rings. The lowest BCUT2D eigenvalue weighted by Gasteiger charge is -2.10. The van der Waals surface area contributed by atoms with Gasteiger partial charge in [0, 0.05) is 5.75 Å². The van der Waals surface area contributed by atoms with E-state index in [0.717, 1.165) is 11.8 Å². The maximum Gasteiger partial charge on any atom is 0.321 e. The van der Waals surface area contributed by atoms with Crippen LogP contribution in [-0.2, 0) is 4.79 Å². The molecule has 1 rings (SSSR count). The number of hydrogen-bond acceptors (Lipinski definition) is 5. The van der Waals surface area contributed by atoms with Crippen molar-refractivity contribution < 1.29 is 20.1 Å². The Balaban J connectivity index is 2.81. The summed E-state index contributed by atoms with van der Waals surface area (Å²) in [5, 5.41) is 27.5. The molecule has 0 radical (unpaired) electrons. The molecule has 0 fully saturated rings. The van der Waals surface area contributed by atoms with E-state index in [1.54, 1.807) is 0 Å². The molecule has 0 bridgehead atoms. The van der Waals surface area contributed by atoms with Gasteiger partial charge in [0.1, 0.15) is 17.5 Å². The number of aliphatic carboxylic acids is 1. The van der Waals surface area contributed by atoms with Crippen LogP contribution in [0.3, 0.4) is 0 Å². The maximum atomic E-state index is 10.5. The summed E-state index contributed by atoms with van der Waals surface area (Å²) in [4.78, 5) is 10.9. The first-order valence-electron chi connectivity index (χ1n) is 4.25. The molecular weight excluding hydrogens is 298 g/mol. The molecule has 88 valence electrons. The van der Waals surface area contributed by atoms with Crippen LogP contribution in [0, 0.1) is 0 Å². The molecule has 0 amide bonds. The summed E-state index contributed by atoms with van der Waals surface area (Å²) >= 11 is 4.16. The third-order valence-electron chi connectivity index (χ3n) is 1.78. The number of phenols is 2. The van der Waals surface area contributed by atoms with Gasteiger partial charge in [0.15, 0.2) is 0 Å².